The first kappa shape index (κ1) is 78.3. The largest absolute Gasteiger partial charge is 0.310 e. The third-order valence-corrected chi connectivity index (χ3v) is 28.1. The van der Waals surface area contributed by atoms with E-state index in [0.717, 1.165) is 76.1 Å². The second-order valence-electron chi connectivity index (χ2n) is 33.6. The predicted molar refractivity (Wildman–Crippen MR) is 551 cm³/mol. The summed E-state index contributed by atoms with van der Waals surface area (Å²) in [5.74, 6) is 0.892. The summed E-state index contributed by atoms with van der Waals surface area (Å²) in [5.41, 5.74) is 38.5. The fourth-order valence-electron chi connectivity index (χ4n) is 21.4. The van der Waals surface area contributed by atoms with Gasteiger partial charge >= 0.3 is 0 Å². The van der Waals surface area contributed by atoms with E-state index in [9.17, 15) is 0 Å². The fraction of sp³-hybridized carbons (Fsp3) is 0.0165. The van der Waals surface area contributed by atoms with Gasteiger partial charge in [-0.15, -0.1) is 0 Å². The van der Waals surface area contributed by atoms with Crippen LogP contribution in [0.2, 0.25) is 0 Å². The molecule has 614 valence electrons. The molecule has 0 aliphatic heterocycles. The molecule has 3 aromatic heterocycles. The first-order valence-electron chi connectivity index (χ1n) is 44.0. The molecule has 0 amide bonds. The van der Waals surface area contributed by atoms with Crippen molar-refractivity contribution in [1.29, 1.82) is 0 Å². The van der Waals surface area contributed by atoms with Crippen LogP contribution in [0.4, 0.5) is 51.3 Å². The molecule has 6 nitrogen and oxygen atoms in total. The van der Waals surface area contributed by atoms with Gasteiger partial charge in [0, 0.05) is 98.0 Å². The first-order chi connectivity index (χ1) is 64.2. The molecule has 130 heavy (non-hydrogen) atoms. The monoisotopic (exact) mass is 1850 g/mol. The zero-order valence-corrected chi connectivity index (χ0v) is 75.2. The van der Waals surface area contributed by atoms with E-state index in [1.807, 2.05) is 18.3 Å². The predicted octanol–water partition coefficient (Wildman–Crippen LogP) is 33.7. The molecular formula is C121H79Br3N6. The molecule has 26 rings (SSSR count). The minimum absolute atomic E-state index is 0.399. The number of halogens is 3. The molecule has 0 bridgehead atoms. The van der Waals surface area contributed by atoms with Gasteiger partial charge < -0.3 is 18.9 Å². The average Bonchev–Trinajstić information content (AvgIpc) is 1.51. The SMILES string of the molecule is Brc1ccc2c(c1)C1(c3ccccc3-c3ccccc31)c1cc(N(c3ccccc3)c3ccc4c(c3)c3ccccc3n4-c3ccccc3)ccc1-2.Brc1ccc2c(c1)C1(c3ccccc3-c3ccccc31)c1cc(N(c3ccccc3)c3ccccn3)ccc1-2.Brc1ccc2c3ccc(N(c4ccccc4)c4ccc(-c5ccccc5)cc4)cc3n(-c3ccccc3)c2c1. The van der Waals surface area contributed by atoms with E-state index < -0.39 is 10.8 Å². The van der Waals surface area contributed by atoms with Crippen molar-refractivity contribution in [2.75, 3.05) is 14.7 Å². The van der Waals surface area contributed by atoms with Gasteiger partial charge in [0.25, 0.3) is 0 Å². The molecular weight excluding hydrogens is 1780 g/mol. The maximum Gasteiger partial charge on any atom is 0.137 e. The summed E-state index contributed by atoms with van der Waals surface area (Å²) < 4.78 is 8.00. The highest BCUT2D eigenvalue weighted by Gasteiger charge is 2.54. The van der Waals surface area contributed by atoms with Gasteiger partial charge in [-0.25, -0.2) is 4.98 Å². The number of para-hydroxylation sites is 6. The zero-order valence-electron chi connectivity index (χ0n) is 70.4. The van der Waals surface area contributed by atoms with Crippen LogP contribution in [-0.4, -0.2) is 14.1 Å². The number of rotatable bonds is 12. The van der Waals surface area contributed by atoms with Crippen molar-refractivity contribution in [3.63, 3.8) is 0 Å². The third-order valence-electron chi connectivity index (χ3n) is 26.7. The lowest BCUT2D eigenvalue weighted by Gasteiger charge is -2.32. The fourth-order valence-corrected chi connectivity index (χ4v) is 22.4. The second kappa shape index (κ2) is 32.3. The van der Waals surface area contributed by atoms with E-state index in [0.29, 0.717) is 0 Å². The maximum atomic E-state index is 4.76. The number of hydrogen-bond acceptors (Lipinski definition) is 4. The number of fused-ring (bicyclic) bond motifs is 26. The molecule has 0 N–H and O–H groups in total. The molecule has 0 atom stereocenters. The molecule has 4 aliphatic rings. The Kier molecular flexibility index (Phi) is 19.4. The van der Waals surface area contributed by atoms with Crippen molar-refractivity contribution in [2.24, 2.45) is 0 Å². The maximum absolute atomic E-state index is 4.76. The highest BCUT2D eigenvalue weighted by Crippen LogP contribution is 2.66. The third kappa shape index (κ3) is 12.7. The number of benzene rings is 19. The molecule has 3 heterocycles. The average molecular weight is 1860 g/mol. The van der Waals surface area contributed by atoms with E-state index in [1.54, 1.807) is 0 Å². The van der Waals surface area contributed by atoms with Gasteiger partial charge in [-0.3, -0.25) is 4.90 Å². The van der Waals surface area contributed by atoms with Crippen LogP contribution in [0.1, 0.15) is 44.5 Å². The minimum atomic E-state index is -0.437. The Labute approximate surface area is 780 Å². The highest BCUT2D eigenvalue weighted by molar-refractivity contribution is 9.11. The van der Waals surface area contributed by atoms with E-state index >= 15 is 0 Å². The Morgan fingerprint density at radius 3 is 1.02 bits per heavy atom. The van der Waals surface area contributed by atoms with Crippen molar-refractivity contribution in [3.05, 3.63) is 537 Å². The van der Waals surface area contributed by atoms with Crippen molar-refractivity contribution < 1.29 is 0 Å². The summed E-state index contributed by atoms with van der Waals surface area (Å²) in [5, 5.41) is 4.94. The Morgan fingerprint density at radius 2 is 0.508 bits per heavy atom. The molecule has 0 radical (unpaired) electrons. The molecule has 0 unspecified atom stereocenters. The van der Waals surface area contributed by atoms with Gasteiger partial charge in [0.15, 0.2) is 0 Å². The number of pyridine rings is 1. The lowest BCUT2D eigenvalue weighted by Crippen LogP contribution is -2.26. The zero-order chi connectivity index (χ0) is 86.5. The Balaban J connectivity index is 0.000000110. The van der Waals surface area contributed by atoms with Gasteiger partial charge in [-0.1, -0.05) is 339 Å². The Hall–Kier alpha value is -15.2. The molecule has 2 spiro atoms. The molecule has 0 fully saturated rings. The van der Waals surface area contributed by atoms with Crippen molar-refractivity contribution >= 4 is 143 Å². The number of aromatic nitrogens is 3. The molecule has 9 heteroatoms. The number of anilines is 9. The number of nitrogens with zero attached hydrogens (tertiary/aromatic N) is 6. The second-order valence-corrected chi connectivity index (χ2v) is 36.3. The topological polar surface area (TPSA) is 32.5 Å². The van der Waals surface area contributed by atoms with Crippen LogP contribution in [-0.2, 0) is 10.8 Å². The lowest BCUT2D eigenvalue weighted by molar-refractivity contribution is 0.793. The van der Waals surface area contributed by atoms with E-state index in [4.69, 9.17) is 4.98 Å². The van der Waals surface area contributed by atoms with Gasteiger partial charge in [-0.2, -0.15) is 0 Å². The molecule has 0 saturated heterocycles. The highest BCUT2D eigenvalue weighted by atomic mass is 79.9. The summed E-state index contributed by atoms with van der Waals surface area (Å²) in [4.78, 5) is 11.8. The quantitative estimate of drug-likeness (QED) is 0.122. The van der Waals surface area contributed by atoms with Crippen LogP contribution in [0.5, 0.6) is 0 Å². The summed E-state index contributed by atoms with van der Waals surface area (Å²) in [6.45, 7) is 0. The summed E-state index contributed by atoms with van der Waals surface area (Å²) in [6, 6.07) is 171. The Morgan fingerprint density at radius 1 is 0.192 bits per heavy atom. The summed E-state index contributed by atoms with van der Waals surface area (Å²) in [7, 11) is 0. The van der Waals surface area contributed by atoms with Crippen LogP contribution in [0.3, 0.4) is 0 Å². The summed E-state index contributed by atoms with van der Waals surface area (Å²) in [6.07, 6.45) is 1.86. The standard InChI is InChI=1S/C49H31BrN2.C36H23BrN2.C36H25BrN2/c50-32-23-26-39-40-27-24-36(31-46(40)49(45(39)29-32)43-20-10-7-17-37(43)38-18-8-11-21-44(38)49)51(33-13-3-1-4-14-33)35-25-28-48-42(30-35)41-19-9-12-22-47(41)52(48)34-15-5-2-6-16-34;37-24-17-19-29-30-20-18-26(39(25-10-2-1-3-11-25)35-16-8-9-21-38-35)23-34(30)36(33(29)22-24)31-14-6-4-12-27(31)28-13-5-7-15-32(28)36;37-28-18-22-33-34-23-21-32(25-36(34)39(35(33)24-28)30-14-8-3-9-15-30)38(29-12-6-2-7-13-29)31-19-16-27(17-20-31)26-10-4-1-5-11-26/h1-31H;1-23H;1-25H. The van der Waals surface area contributed by atoms with Crippen LogP contribution in [0.25, 0.3) is 111 Å². The minimum Gasteiger partial charge on any atom is -0.310 e. The molecule has 0 saturated carbocycles. The van der Waals surface area contributed by atoms with Gasteiger partial charge in [0.2, 0.25) is 0 Å². The van der Waals surface area contributed by atoms with Crippen molar-refractivity contribution in [2.45, 2.75) is 10.8 Å². The van der Waals surface area contributed by atoms with Gasteiger partial charge in [-0.05, 0) is 282 Å². The first-order valence-corrected chi connectivity index (χ1v) is 46.4. The van der Waals surface area contributed by atoms with Crippen molar-refractivity contribution in [3.8, 4) is 67.0 Å². The lowest BCUT2D eigenvalue weighted by atomic mass is 9.70. The van der Waals surface area contributed by atoms with Crippen molar-refractivity contribution in [1.82, 2.24) is 14.1 Å². The van der Waals surface area contributed by atoms with Gasteiger partial charge in [0.05, 0.1) is 32.9 Å². The molecule has 22 aromatic rings. The van der Waals surface area contributed by atoms with Gasteiger partial charge in [0.1, 0.15) is 5.82 Å². The molecule has 19 aromatic carbocycles. The van der Waals surface area contributed by atoms with E-state index in [2.05, 4.69) is 533 Å². The van der Waals surface area contributed by atoms with Crippen LogP contribution < -0.4 is 14.7 Å². The number of hydrogen-bond donors (Lipinski definition) is 0. The van der Waals surface area contributed by atoms with Crippen LogP contribution in [0.15, 0.2) is 493 Å². The smallest absolute Gasteiger partial charge is 0.137 e. The van der Waals surface area contributed by atoms with Crippen LogP contribution in [0, 0.1) is 0 Å². The normalized spacial score (nSPS) is 12.7. The Bertz CT molecular complexity index is 8010. The summed E-state index contributed by atoms with van der Waals surface area (Å²) >= 11 is 11.4. The van der Waals surface area contributed by atoms with E-state index in [-0.39, 0.29) is 0 Å². The molecule has 4 aliphatic carbocycles. The van der Waals surface area contributed by atoms with Crippen LogP contribution >= 0.6 is 47.8 Å². The van der Waals surface area contributed by atoms with E-state index in [1.165, 1.54) is 144 Å².